The Morgan fingerprint density at radius 3 is 2.85 bits per heavy atom. The number of methoxy groups -OCH3 is 2. The summed E-state index contributed by atoms with van der Waals surface area (Å²) in [6.07, 6.45) is 1.72. The standard InChI is InChI=1S/C16H16N2O2/c1-19-10-11-5-6-14-12(8-11)9-15(18-14)13-4-3-7-17-16(13)20-2/h3-9,18H,10H2,1-2H3. The number of hydrogen-bond donors (Lipinski definition) is 1. The Hall–Kier alpha value is -2.33. The van der Waals surface area contributed by atoms with E-state index in [2.05, 4.69) is 34.2 Å². The van der Waals surface area contributed by atoms with Gasteiger partial charge in [-0.2, -0.15) is 0 Å². The number of pyridine rings is 1. The van der Waals surface area contributed by atoms with Crippen molar-refractivity contribution in [3.63, 3.8) is 0 Å². The van der Waals surface area contributed by atoms with Crippen molar-refractivity contribution < 1.29 is 9.47 Å². The van der Waals surface area contributed by atoms with Gasteiger partial charge in [-0.1, -0.05) is 6.07 Å². The lowest BCUT2D eigenvalue weighted by Crippen LogP contribution is -1.90. The first-order valence-corrected chi connectivity index (χ1v) is 6.42. The van der Waals surface area contributed by atoms with Gasteiger partial charge >= 0.3 is 0 Å². The molecule has 0 fully saturated rings. The van der Waals surface area contributed by atoms with E-state index in [1.54, 1.807) is 20.4 Å². The van der Waals surface area contributed by atoms with E-state index in [4.69, 9.17) is 9.47 Å². The zero-order valence-electron chi connectivity index (χ0n) is 11.5. The number of hydrogen-bond acceptors (Lipinski definition) is 3. The van der Waals surface area contributed by atoms with Crippen molar-refractivity contribution in [2.75, 3.05) is 14.2 Å². The number of fused-ring (bicyclic) bond motifs is 1. The molecule has 0 saturated heterocycles. The van der Waals surface area contributed by atoms with Crippen LogP contribution in [0.4, 0.5) is 0 Å². The molecule has 0 aliphatic heterocycles. The highest BCUT2D eigenvalue weighted by Gasteiger charge is 2.09. The molecule has 2 aromatic heterocycles. The van der Waals surface area contributed by atoms with E-state index in [0.29, 0.717) is 12.5 Å². The minimum atomic E-state index is 0.618. The Morgan fingerprint density at radius 2 is 2.05 bits per heavy atom. The summed E-state index contributed by atoms with van der Waals surface area (Å²) in [6.45, 7) is 0.618. The lowest BCUT2D eigenvalue weighted by atomic mass is 10.1. The summed E-state index contributed by atoms with van der Waals surface area (Å²) in [6, 6.07) is 12.3. The fourth-order valence-electron chi connectivity index (χ4n) is 2.34. The SMILES string of the molecule is COCc1ccc2[nH]c(-c3cccnc3OC)cc2c1. The molecule has 0 aliphatic carbocycles. The van der Waals surface area contributed by atoms with Crippen molar-refractivity contribution in [3.05, 3.63) is 48.2 Å². The molecular formula is C16H16N2O2. The van der Waals surface area contributed by atoms with E-state index in [1.165, 1.54) is 0 Å². The van der Waals surface area contributed by atoms with Crippen molar-refractivity contribution in [1.82, 2.24) is 9.97 Å². The molecule has 0 saturated carbocycles. The summed E-state index contributed by atoms with van der Waals surface area (Å²) in [4.78, 5) is 7.62. The molecule has 1 aromatic carbocycles. The quantitative estimate of drug-likeness (QED) is 0.789. The van der Waals surface area contributed by atoms with Crippen LogP contribution in [0.3, 0.4) is 0 Å². The Morgan fingerprint density at radius 1 is 1.15 bits per heavy atom. The molecule has 0 bridgehead atoms. The van der Waals surface area contributed by atoms with Crippen LogP contribution in [0.15, 0.2) is 42.6 Å². The van der Waals surface area contributed by atoms with Crippen molar-refractivity contribution in [2.24, 2.45) is 0 Å². The van der Waals surface area contributed by atoms with E-state index in [9.17, 15) is 0 Å². The summed E-state index contributed by atoms with van der Waals surface area (Å²) in [5, 5.41) is 1.15. The summed E-state index contributed by atoms with van der Waals surface area (Å²) in [5.41, 5.74) is 4.20. The van der Waals surface area contributed by atoms with Crippen LogP contribution in [0, 0.1) is 0 Å². The van der Waals surface area contributed by atoms with Gasteiger partial charge in [-0.15, -0.1) is 0 Å². The van der Waals surface area contributed by atoms with Gasteiger partial charge in [-0.3, -0.25) is 0 Å². The molecule has 4 nitrogen and oxygen atoms in total. The van der Waals surface area contributed by atoms with Gasteiger partial charge in [-0.05, 0) is 35.9 Å². The number of H-pyrrole nitrogens is 1. The maximum absolute atomic E-state index is 5.31. The lowest BCUT2D eigenvalue weighted by molar-refractivity contribution is 0.185. The molecular weight excluding hydrogens is 252 g/mol. The van der Waals surface area contributed by atoms with E-state index >= 15 is 0 Å². The van der Waals surface area contributed by atoms with E-state index in [0.717, 1.165) is 27.7 Å². The van der Waals surface area contributed by atoms with Crippen LogP contribution >= 0.6 is 0 Å². The van der Waals surface area contributed by atoms with Crippen molar-refractivity contribution in [2.45, 2.75) is 6.61 Å². The molecule has 0 unspecified atom stereocenters. The third kappa shape index (κ3) is 2.26. The smallest absolute Gasteiger partial charge is 0.222 e. The highest BCUT2D eigenvalue weighted by atomic mass is 16.5. The molecule has 2 heterocycles. The van der Waals surface area contributed by atoms with Gasteiger partial charge in [0.15, 0.2) is 0 Å². The number of benzene rings is 1. The average Bonchev–Trinajstić information content (AvgIpc) is 2.90. The average molecular weight is 268 g/mol. The second-order valence-corrected chi connectivity index (χ2v) is 4.60. The molecule has 0 spiro atoms. The van der Waals surface area contributed by atoms with Gasteiger partial charge in [0, 0.05) is 24.2 Å². The van der Waals surface area contributed by atoms with Crippen LogP contribution in [0.1, 0.15) is 5.56 Å². The zero-order valence-corrected chi connectivity index (χ0v) is 11.5. The molecule has 0 amide bonds. The van der Waals surface area contributed by atoms with Crippen molar-refractivity contribution >= 4 is 10.9 Å². The van der Waals surface area contributed by atoms with Crippen LogP contribution in [-0.2, 0) is 11.3 Å². The molecule has 3 aromatic rings. The second-order valence-electron chi connectivity index (χ2n) is 4.60. The second kappa shape index (κ2) is 5.35. The minimum Gasteiger partial charge on any atom is -0.481 e. The Bertz CT molecular complexity index is 734. The zero-order chi connectivity index (χ0) is 13.9. The van der Waals surface area contributed by atoms with Crippen molar-refractivity contribution in [1.29, 1.82) is 0 Å². The summed E-state index contributed by atoms with van der Waals surface area (Å²) in [5.74, 6) is 0.621. The molecule has 4 heteroatoms. The van der Waals surface area contributed by atoms with E-state index in [-0.39, 0.29) is 0 Å². The lowest BCUT2D eigenvalue weighted by Gasteiger charge is -2.04. The first-order chi connectivity index (χ1) is 9.81. The molecule has 20 heavy (non-hydrogen) atoms. The fraction of sp³-hybridized carbons (Fsp3) is 0.188. The first-order valence-electron chi connectivity index (χ1n) is 6.42. The Kier molecular flexibility index (Phi) is 3.39. The van der Waals surface area contributed by atoms with Crippen LogP contribution in [-0.4, -0.2) is 24.2 Å². The van der Waals surface area contributed by atoms with Gasteiger partial charge in [0.25, 0.3) is 0 Å². The summed E-state index contributed by atoms with van der Waals surface area (Å²) < 4.78 is 10.5. The number of aromatic amines is 1. The molecule has 3 rings (SSSR count). The monoisotopic (exact) mass is 268 g/mol. The van der Waals surface area contributed by atoms with Crippen molar-refractivity contribution in [3.8, 4) is 17.1 Å². The first kappa shape index (κ1) is 12.7. The van der Waals surface area contributed by atoms with Gasteiger partial charge in [0.2, 0.25) is 5.88 Å². The van der Waals surface area contributed by atoms with Gasteiger partial charge in [-0.25, -0.2) is 4.98 Å². The summed E-state index contributed by atoms with van der Waals surface area (Å²) >= 11 is 0. The molecule has 0 aliphatic rings. The fourth-order valence-corrected chi connectivity index (χ4v) is 2.34. The molecule has 0 atom stereocenters. The normalized spacial score (nSPS) is 10.9. The number of ether oxygens (including phenoxy) is 2. The predicted octanol–water partition coefficient (Wildman–Crippen LogP) is 3.38. The maximum atomic E-state index is 5.31. The van der Waals surface area contributed by atoms with E-state index < -0.39 is 0 Å². The molecule has 102 valence electrons. The Labute approximate surface area is 117 Å². The Balaban J connectivity index is 2.08. The van der Waals surface area contributed by atoms with Gasteiger partial charge in [0.1, 0.15) is 0 Å². The van der Waals surface area contributed by atoms with Crippen LogP contribution in [0.5, 0.6) is 5.88 Å². The largest absolute Gasteiger partial charge is 0.481 e. The van der Waals surface area contributed by atoms with Gasteiger partial charge in [0.05, 0.1) is 25.0 Å². The van der Waals surface area contributed by atoms with Crippen LogP contribution in [0.2, 0.25) is 0 Å². The maximum Gasteiger partial charge on any atom is 0.222 e. The van der Waals surface area contributed by atoms with Crippen LogP contribution < -0.4 is 4.74 Å². The predicted molar refractivity (Wildman–Crippen MR) is 78.8 cm³/mol. The number of nitrogens with zero attached hydrogens (tertiary/aromatic N) is 1. The number of nitrogens with one attached hydrogen (secondary N) is 1. The third-order valence-electron chi connectivity index (χ3n) is 3.25. The molecule has 0 radical (unpaired) electrons. The van der Waals surface area contributed by atoms with Gasteiger partial charge < -0.3 is 14.5 Å². The highest BCUT2D eigenvalue weighted by Crippen LogP contribution is 2.30. The number of rotatable bonds is 4. The third-order valence-corrected chi connectivity index (χ3v) is 3.25. The topological polar surface area (TPSA) is 47.1 Å². The highest BCUT2D eigenvalue weighted by molar-refractivity contribution is 5.87. The van der Waals surface area contributed by atoms with E-state index in [1.807, 2.05) is 12.1 Å². The summed E-state index contributed by atoms with van der Waals surface area (Å²) in [7, 11) is 3.33. The van der Waals surface area contributed by atoms with Crippen LogP contribution in [0.25, 0.3) is 22.2 Å². The molecule has 1 N–H and O–H groups in total. The number of aromatic nitrogens is 2. The minimum absolute atomic E-state index is 0.618.